The van der Waals surface area contributed by atoms with Gasteiger partial charge in [0.25, 0.3) is 0 Å². The second-order valence-corrected chi connectivity index (χ2v) is 18.0. The van der Waals surface area contributed by atoms with Crippen molar-refractivity contribution in [2.75, 3.05) is 20.1 Å². The number of unbranched alkanes of at least 4 members (excludes halogenated alkanes) is 1. The van der Waals surface area contributed by atoms with E-state index < -0.39 is 47.3 Å². The number of likely N-dealkylation sites (tertiary alicyclic amines) is 1. The number of nitrogens with two attached hydrogens (primary N) is 4. The van der Waals surface area contributed by atoms with Crippen molar-refractivity contribution in [3.05, 3.63) is 35.9 Å². The van der Waals surface area contributed by atoms with Crippen LogP contribution in [0.4, 0.5) is 0 Å². The third-order valence-corrected chi connectivity index (χ3v) is 13.8. The SMILES string of the molecule is CN[C@@H](Cc1ccccc1)C(=O)N[C@@H](CCCCN)C(=O)N1CCC[C@H]1C(=O)C(C1CCCCC1)[C@@](N)(C(=O)NC1CCC(N)CC1)C(=O)[C@H](N)CC1CCCCC1. The highest BCUT2D eigenvalue weighted by molar-refractivity contribution is 6.16. The van der Waals surface area contributed by atoms with Crippen LogP contribution in [0.25, 0.3) is 0 Å². The number of benzene rings is 1. The van der Waals surface area contributed by atoms with Gasteiger partial charge in [0.05, 0.1) is 24.0 Å². The number of carbonyl (C=O) groups is 5. The van der Waals surface area contributed by atoms with E-state index in [0.29, 0.717) is 83.7 Å². The molecule has 5 rings (SSSR count). The van der Waals surface area contributed by atoms with Crippen LogP contribution < -0.4 is 38.9 Å². The molecule has 1 aromatic carbocycles. The maximum Gasteiger partial charge on any atom is 0.248 e. The molecule has 3 amide bonds. The first-order valence-corrected chi connectivity index (χ1v) is 22.7. The van der Waals surface area contributed by atoms with Crippen LogP contribution in [0.3, 0.4) is 0 Å². The van der Waals surface area contributed by atoms with Crippen molar-refractivity contribution in [2.24, 2.45) is 40.7 Å². The molecule has 58 heavy (non-hydrogen) atoms. The molecule has 3 aliphatic carbocycles. The molecule has 4 fully saturated rings. The highest BCUT2D eigenvalue weighted by atomic mass is 16.2. The van der Waals surface area contributed by atoms with Gasteiger partial charge in [0, 0.05) is 18.6 Å². The predicted octanol–water partition coefficient (Wildman–Crippen LogP) is 3.14. The maximum atomic E-state index is 15.4. The van der Waals surface area contributed by atoms with Gasteiger partial charge in [-0.2, -0.15) is 0 Å². The lowest BCUT2D eigenvalue weighted by Crippen LogP contribution is -2.72. The van der Waals surface area contributed by atoms with Crippen LogP contribution in [0.1, 0.15) is 134 Å². The normalized spacial score (nSPS) is 25.2. The number of likely N-dealkylation sites (N-methyl/N-ethyl adjacent to an activating group) is 1. The van der Waals surface area contributed by atoms with Crippen molar-refractivity contribution < 1.29 is 24.0 Å². The summed E-state index contributed by atoms with van der Waals surface area (Å²) in [6.45, 7) is 0.762. The van der Waals surface area contributed by atoms with Crippen molar-refractivity contribution in [1.82, 2.24) is 20.9 Å². The van der Waals surface area contributed by atoms with E-state index in [1.54, 1.807) is 11.9 Å². The summed E-state index contributed by atoms with van der Waals surface area (Å²) < 4.78 is 0. The zero-order valence-electron chi connectivity index (χ0n) is 35.1. The molecular formula is C45H74N8O5. The molecule has 4 aliphatic rings. The van der Waals surface area contributed by atoms with Crippen molar-refractivity contribution in [3.8, 4) is 0 Å². The molecule has 0 bridgehead atoms. The number of ketones is 2. The van der Waals surface area contributed by atoms with Crippen LogP contribution in [-0.4, -0.2) is 96.1 Å². The van der Waals surface area contributed by atoms with Crippen LogP contribution >= 0.6 is 0 Å². The molecule has 6 atom stereocenters. The van der Waals surface area contributed by atoms with Crippen molar-refractivity contribution in [3.63, 3.8) is 0 Å². The summed E-state index contributed by atoms with van der Waals surface area (Å²) in [6, 6.07) is 6.15. The topological polar surface area (TPSA) is 229 Å². The molecular weight excluding hydrogens is 733 g/mol. The highest BCUT2D eigenvalue weighted by Crippen LogP contribution is 2.40. The van der Waals surface area contributed by atoms with Gasteiger partial charge in [-0.15, -0.1) is 0 Å². The van der Waals surface area contributed by atoms with Gasteiger partial charge in [-0.1, -0.05) is 81.7 Å². The van der Waals surface area contributed by atoms with E-state index >= 15 is 4.79 Å². The fourth-order valence-electron chi connectivity index (χ4n) is 10.4. The Bertz CT molecular complexity index is 1490. The second kappa shape index (κ2) is 22.4. The Morgan fingerprint density at radius 2 is 1.48 bits per heavy atom. The van der Waals surface area contributed by atoms with Crippen LogP contribution in [0.5, 0.6) is 0 Å². The quantitative estimate of drug-likeness (QED) is 0.0752. The van der Waals surface area contributed by atoms with Gasteiger partial charge in [0.2, 0.25) is 17.7 Å². The molecule has 0 aromatic heterocycles. The van der Waals surface area contributed by atoms with Crippen LogP contribution in [-0.2, 0) is 30.4 Å². The summed E-state index contributed by atoms with van der Waals surface area (Å²) in [5.74, 6) is -3.44. The zero-order valence-corrected chi connectivity index (χ0v) is 35.1. The van der Waals surface area contributed by atoms with E-state index in [-0.39, 0.29) is 41.5 Å². The standard InChI is InChI=1S/C45H74N8O5/c1-50-37(29-31-16-7-3-8-17-31)42(56)52-36(20-11-12-26-46)43(57)53-27-13-21-38(53)40(54)39(32-18-9-4-10-19-32)45(49,44(58)51-34-24-22-33(47)23-25-34)41(55)35(48)28-30-14-5-2-6-15-30/h3,7-8,16-17,30,32-39,50H,2,4-6,9-15,18-29,46-49H2,1H3,(H,51,58)(H,52,56)/t33?,34?,35-,36+,37+,38+,39?,45+/m1/s1. The number of carbonyl (C=O) groups excluding carboxylic acids is 5. The van der Waals surface area contributed by atoms with Gasteiger partial charge >= 0.3 is 0 Å². The Balaban J connectivity index is 1.45. The fourth-order valence-corrected chi connectivity index (χ4v) is 10.4. The number of nitrogens with one attached hydrogen (secondary N) is 3. The zero-order chi connectivity index (χ0) is 41.7. The smallest absolute Gasteiger partial charge is 0.248 e. The van der Waals surface area contributed by atoms with Gasteiger partial charge in [-0.25, -0.2) is 0 Å². The molecule has 1 aromatic rings. The lowest BCUT2D eigenvalue weighted by molar-refractivity contribution is -0.151. The third kappa shape index (κ3) is 11.7. The summed E-state index contributed by atoms with van der Waals surface area (Å²) in [6.07, 6.45) is 15.5. The monoisotopic (exact) mass is 807 g/mol. The molecule has 3 saturated carbocycles. The first-order chi connectivity index (χ1) is 28.0. The van der Waals surface area contributed by atoms with Gasteiger partial charge in [0.1, 0.15) is 6.04 Å². The number of Topliss-reactive ketones (excluding diaryl/α,β-unsaturated/α-hetero) is 2. The molecule has 0 spiro atoms. The minimum atomic E-state index is -2.21. The van der Waals surface area contributed by atoms with Crippen molar-refractivity contribution in [2.45, 2.75) is 177 Å². The molecule has 11 N–H and O–H groups in total. The number of nitrogens with zero attached hydrogens (tertiary/aromatic N) is 1. The molecule has 1 unspecified atom stereocenters. The summed E-state index contributed by atoms with van der Waals surface area (Å²) in [4.78, 5) is 75.3. The molecule has 13 heteroatoms. The Morgan fingerprint density at radius 1 is 0.828 bits per heavy atom. The van der Waals surface area contributed by atoms with E-state index in [1.807, 2.05) is 30.3 Å². The number of amides is 3. The van der Waals surface area contributed by atoms with Gasteiger partial charge in [-0.3, -0.25) is 24.0 Å². The Kier molecular flexibility index (Phi) is 17.7. The Morgan fingerprint density at radius 3 is 2.12 bits per heavy atom. The van der Waals surface area contributed by atoms with E-state index in [0.717, 1.165) is 69.8 Å². The fraction of sp³-hybridized carbons (Fsp3) is 0.756. The Hall–Kier alpha value is -3.23. The molecule has 324 valence electrons. The third-order valence-electron chi connectivity index (χ3n) is 13.8. The van der Waals surface area contributed by atoms with E-state index in [2.05, 4.69) is 16.0 Å². The summed E-state index contributed by atoms with van der Waals surface area (Å²) in [7, 11) is 1.72. The van der Waals surface area contributed by atoms with Crippen LogP contribution in [0.2, 0.25) is 0 Å². The van der Waals surface area contributed by atoms with E-state index in [9.17, 15) is 19.2 Å². The van der Waals surface area contributed by atoms with Crippen molar-refractivity contribution in [1.29, 1.82) is 0 Å². The predicted molar refractivity (Wildman–Crippen MR) is 227 cm³/mol. The maximum absolute atomic E-state index is 15.4. The molecule has 1 saturated heterocycles. The van der Waals surface area contributed by atoms with Gasteiger partial charge in [-0.05, 0) is 114 Å². The van der Waals surface area contributed by atoms with Gasteiger partial charge < -0.3 is 43.8 Å². The first-order valence-electron chi connectivity index (χ1n) is 22.7. The molecule has 0 radical (unpaired) electrons. The largest absolute Gasteiger partial charge is 0.351 e. The van der Waals surface area contributed by atoms with Crippen molar-refractivity contribution >= 4 is 29.3 Å². The lowest BCUT2D eigenvalue weighted by atomic mass is 9.63. The average molecular weight is 807 g/mol. The van der Waals surface area contributed by atoms with Gasteiger partial charge in [0.15, 0.2) is 17.1 Å². The van der Waals surface area contributed by atoms with Crippen LogP contribution in [0, 0.1) is 17.8 Å². The first kappa shape index (κ1) is 45.8. The average Bonchev–Trinajstić information content (AvgIpc) is 3.74. The summed E-state index contributed by atoms with van der Waals surface area (Å²) >= 11 is 0. The summed E-state index contributed by atoms with van der Waals surface area (Å²) in [5, 5.41) is 9.26. The highest BCUT2D eigenvalue weighted by Gasteiger charge is 2.58. The Labute approximate surface area is 346 Å². The number of hydrogen-bond donors (Lipinski definition) is 7. The lowest BCUT2D eigenvalue weighted by Gasteiger charge is -2.44. The number of hydrogen-bond acceptors (Lipinski definition) is 10. The minimum Gasteiger partial charge on any atom is -0.351 e. The van der Waals surface area contributed by atoms with E-state index in [1.165, 1.54) is 0 Å². The van der Waals surface area contributed by atoms with Crippen LogP contribution in [0.15, 0.2) is 30.3 Å². The molecule has 1 aliphatic heterocycles. The summed E-state index contributed by atoms with van der Waals surface area (Å²) in [5.41, 5.74) is 25.0. The molecule has 13 nitrogen and oxygen atoms in total. The molecule has 1 heterocycles. The van der Waals surface area contributed by atoms with E-state index in [4.69, 9.17) is 22.9 Å². The second-order valence-electron chi connectivity index (χ2n) is 18.0. The number of rotatable bonds is 20. The minimum absolute atomic E-state index is 0.0562.